The zero-order chi connectivity index (χ0) is 8.81. The summed E-state index contributed by atoms with van der Waals surface area (Å²) in [5, 5.41) is 3.12. The Bertz CT molecular complexity index is 235. The summed E-state index contributed by atoms with van der Waals surface area (Å²) in [5.41, 5.74) is 7.82. The molecule has 0 aromatic carbocycles. The van der Waals surface area contributed by atoms with Crippen molar-refractivity contribution in [2.24, 2.45) is 5.73 Å². The third kappa shape index (κ3) is 2.20. The van der Waals surface area contributed by atoms with Crippen LogP contribution in [-0.4, -0.2) is 18.6 Å². The summed E-state index contributed by atoms with van der Waals surface area (Å²) in [5.74, 6) is 0. The third-order valence-electron chi connectivity index (χ3n) is 1.82. The van der Waals surface area contributed by atoms with Crippen molar-refractivity contribution in [1.29, 1.82) is 0 Å². The van der Waals surface area contributed by atoms with Gasteiger partial charge in [-0.05, 0) is 31.0 Å². The molecule has 0 aliphatic rings. The summed E-state index contributed by atoms with van der Waals surface area (Å²) in [6.45, 7) is 0.734. The Morgan fingerprint density at radius 2 is 2.42 bits per heavy atom. The molecule has 1 aromatic rings. The van der Waals surface area contributed by atoms with Gasteiger partial charge in [-0.3, -0.25) is 4.98 Å². The van der Waals surface area contributed by atoms with Crippen molar-refractivity contribution < 1.29 is 0 Å². The summed E-state index contributed by atoms with van der Waals surface area (Å²) >= 11 is 0. The van der Waals surface area contributed by atoms with Gasteiger partial charge < -0.3 is 11.1 Å². The maximum absolute atomic E-state index is 5.43. The van der Waals surface area contributed by atoms with Crippen molar-refractivity contribution in [2.45, 2.75) is 12.8 Å². The molecule has 0 spiro atoms. The molecule has 0 saturated carbocycles. The van der Waals surface area contributed by atoms with E-state index in [2.05, 4.69) is 10.3 Å². The second-order valence-electron chi connectivity index (χ2n) is 2.68. The second kappa shape index (κ2) is 4.72. The average Bonchev–Trinajstić information content (AvgIpc) is 2.15. The van der Waals surface area contributed by atoms with Crippen LogP contribution >= 0.6 is 0 Å². The van der Waals surface area contributed by atoms with Gasteiger partial charge >= 0.3 is 0 Å². The molecule has 0 saturated heterocycles. The SMILES string of the molecule is CNc1ccncc1CCCN. The van der Waals surface area contributed by atoms with Crippen molar-refractivity contribution in [2.75, 3.05) is 18.9 Å². The quantitative estimate of drug-likeness (QED) is 0.700. The number of rotatable bonds is 4. The summed E-state index contributed by atoms with van der Waals surface area (Å²) in [6.07, 6.45) is 5.69. The van der Waals surface area contributed by atoms with Gasteiger partial charge in [-0.2, -0.15) is 0 Å². The van der Waals surface area contributed by atoms with E-state index in [1.54, 1.807) is 6.20 Å². The monoisotopic (exact) mass is 165 g/mol. The number of nitrogens with two attached hydrogens (primary N) is 1. The van der Waals surface area contributed by atoms with E-state index in [1.165, 1.54) is 5.56 Å². The highest BCUT2D eigenvalue weighted by Crippen LogP contribution is 2.13. The smallest absolute Gasteiger partial charge is 0.0401 e. The van der Waals surface area contributed by atoms with Crippen LogP contribution in [0.4, 0.5) is 5.69 Å². The van der Waals surface area contributed by atoms with E-state index in [9.17, 15) is 0 Å². The highest BCUT2D eigenvalue weighted by atomic mass is 14.8. The fourth-order valence-corrected chi connectivity index (χ4v) is 1.16. The van der Waals surface area contributed by atoms with Gasteiger partial charge in [-0.25, -0.2) is 0 Å². The molecule has 0 aliphatic heterocycles. The Morgan fingerprint density at radius 1 is 1.58 bits per heavy atom. The molecule has 1 rings (SSSR count). The molecule has 0 bridgehead atoms. The van der Waals surface area contributed by atoms with Crippen molar-refractivity contribution in [3.63, 3.8) is 0 Å². The van der Waals surface area contributed by atoms with Gasteiger partial charge in [0.1, 0.15) is 0 Å². The van der Waals surface area contributed by atoms with Crippen molar-refractivity contribution in [3.05, 3.63) is 24.0 Å². The first-order valence-electron chi connectivity index (χ1n) is 4.19. The fraction of sp³-hybridized carbons (Fsp3) is 0.444. The zero-order valence-electron chi connectivity index (χ0n) is 7.38. The van der Waals surface area contributed by atoms with E-state index >= 15 is 0 Å². The number of aryl methyl sites for hydroxylation is 1. The van der Waals surface area contributed by atoms with Crippen LogP contribution in [0.1, 0.15) is 12.0 Å². The Hall–Kier alpha value is -1.09. The minimum atomic E-state index is 0.734. The second-order valence-corrected chi connectivity index (χ2v) is 2.68. The molecule has 3 nitrogen and oxygen atoms in total. The van der Waals surface area contributed by atoms with Crippen molar-refractivity contribution in [1.82, 2.24) is 4.98 Å². The zero-order valence-corrected chi connectivity index (χ0v) is 7.38. The van der Waals surface area contributed by atoms with Crippen LogP contribution in [0.15, 0.2) is 18.5 Å². The first kappa shape index (κ1) is 9.00. The predicted octanol–water partition coefficient (Wildman–Crippen LogP) is 1.01. The first-order chi connectivity index (χ1) is 5.88. The summed E-state index contributed by atoms with van der Waals surface area (Å²) in [7, 11) is 1.92. The van der Waals surface area contributed by atoms with Crippen molar-refractivity contribution in [3.8, 4) is 0 Å². The summed E-state index contributed by atoms with van der Waals surface area (Å²) in [4.78, 5) is 4.07. The highest BCUT2D eigenvalue weighted by molar-refractivity contribution is 5.48. The van der Waals surface area contributed by atoms with Gasteiger partial charge in [0.25, 0.3) is 0 Å². The molecular weight excluding hydrogens is 150 g/mol. The van der Waals surface area contributed by atoms with E-state index in [1.807, 2.05) is 19.3 Å². The lowest BCUT2D eigenvalue weighted by molar-refractivity contribution is 0.830. The minimum absolute atomic E-state index is 0.734. The van der Waals surface area contributed by atoms with E-state index < -0.39 is 0 Å². The van der Waals surface area contributed by atoms with E-state index in [0.717, 1.165) is 25.1 Å². The molecule has 3 heteroatoms. The number of aromatic nitrogens is 1. The maximum Gasteiger partial charge on any atom is 0.0401 e. The van der Waals surface area contributed by atoms with Crippen LogP contribution in [0.25, 0.3) is 0 Å². The molecule has 0 fully saturated rings. The van der Waals surface area contributed by atoms with Gasteiger partial charge in [-0.15, -0.1) is 0 Å². The first-order valence-corrected chi connectivity index (χ1v) is 4.19. The van der Waals surface area contributed by atoms with Gasteiger partial charge in [0.15, 0.2) is 0 Å². The molecule has 0 unspecified atom stereocenters. The van der Waals surface area contributed by atoms with Gasteiger partial charge in [-0.1, -0.05) is 0 Å². The molecule has 0 radical (unpaired) electrons. The molecule has 1 heterocycles. The summed E-state index contributed by atoms with van der Waals surface area (Å²) in [6, 6.07) is 1.98. The minimum Gasteiger partial charge on any atom is -0.388 e. The van der Waals surface area contributed by atoms with Crippen LogP contribution < -0.4 is 11.1 Å². The Balaban J connectivity index is 2.68. The molecule has 66 valence electrons. The average molecular weight is 165 g/mol. The molecular formula is C9H15N3. The number of anilines is 1. The number of pyridine rings is 1. The highest BCUT2D eigenvalue weighted by Gasteiger charge is 1.98. The lowest BCUT2D eigenvalue weighted by Gasteiger charge is -2.06. The lowest BCUT2D eigenvalue weighted by Crippen LogP contribution is -2.02. The molecule has 0 atom stereocenters. The predicted molar refractivity (Wildman–Crippen MR) is 51.2 cm³/mol. The molecule has 12 heavy (non-hydrogen) atoms. The molecule has 1 aromatic heterocycles. The van der Waals surface area contributed by atoms with Crippen LogP contribution in [0.2, 0.25) is 0 Å². The van der Waals surface area contributed by atoms with Crippen LogP contribution in [0.5, 0.6) is 0 Å². The van der Waals surface area contributed by atoms with E-state index in [4.69, 9.17) is 5.73 Å². The number of hydrogen-bond donors (Lipinski definition) is 2. The maximum atomic E-state index is 5.43. The van der Waals surface area contributed by atoms with Gasteiger partial charge in [0, 0.05) is 25.1 Å². The number of nitrogens with one attached hydrogen (secondary N) is 1. The van der Waals surface area contributed by atoms with E-state index in [0.29, 0.717) is 0 Å². The number of hydrogen-bond acceptors (Lipinski definition) is 3. The normalized spacial score (nSPS) is 9.83. The largest absolute Gasteiger partial charge is 0.388 e. The Morgan fingerprint density at radius 3 is 3.08 bits per heavy atom. The topological polar surface area (TPSA) is 50.9 Å². The third-order valence-corrected chi connectivity index (χ3v) is 1.82. The van der Waals surface area contributed by atoms with E-state index in [-0.39, 0.29) is 0 Å². The van der Waals surface area contributed by atoms with Gasteiger partial charge in [0.2, 0.25) is 0 Å². The Kier molecular flexibility index (Phi) is 3.54. The van der Waals surface area contributed by atoms with Crippen LogP contribution in [-0.2, 0) is 6.42 Å². The molecule has 0 aliphatic carbocycles. The van der Waals surface area contributed by atoms with Crippen molar-refractivity contribution >= 4 is 5.69 Å². The molecule has 3 N–H and O–H groups in total. The lowest BCUT2D eigenvalue weighted by atomic mass is 10.1. The fourth-order valence-electron chi connectivity index (χ4n) is 1.16. The number of nitrogens with zero attached hydrogens (tertiary/aromatic N) is 1. The summed E-state index contributed by atoms with van der Waals surface area (Å²) < 4.78 is 0. The van der Waals surface area contributed by atoms with Gasteiger partial charge in [0.05, 0.1) is 0 Å². The Labute approximate surface area is 73.0 Å². The standard InChI is InChI=1S/C9H15N3/c1-11-9-4-6-12-7-8(9)3-2-5-10/h4,6-7H,2-3,5,10H2,1H3,(H,11,12). The van der Waals surface area contributed by atoms with Crippen LogP contribution in [0, 0.1) is 0 Å². The molecule has 0 amide bonds. The van der Waals surface area contributed by atoms with Crippen LogP contribution in [0.3, 0.4) is 0 Å².